The summed E-state index contributed by atoms with van der Waals surface area (Å²) < 4.78 is 31.7. The fourth-order valence-electron chi connectivity index (χ4n) is 6.19. The van der Waals surface area contributed by atoms with Gasteiger partial charge in [0.25, 0.3) is 0 Å². The summed E-state index contributed by atoms with van der Waals surface area (Å²) in [6.45, 7) is 18.2. The van der Waals surface area contributed by atoms with Crippen LogP contribution in [-0.2, 0) is 24.9 Å². The van der Waals surface area contributed by atoms with Crippen molar-refractivity contribution >= 4 is 27.3 Å². The number of aromatic nitrogens is 2. The van der Waals surface area contributed by atoms with Crippen molar-refractivity contribution in [2.75, 3.05) is 0 Å². The third-order valence-corrected chi connectivity index (χ3v) is 9.73. The van der Waals surface area contributed by atoms with Gasteiger partial charge < -0.3 is 15.1 Å². The minimum absolute atomic E-state index is 0. The van der Waals surface area contributed by atoms with Crippen molar-refractivity contribution in [3.05, 3.63) is 143 Å². The number of hydrogen-bond donors (Lipinski definition) is 1. The van der Waals surface area contributed by atoms with Crippen molar-refractivity contribution in [2.24, 2.45) is 11.3 Å². The Kier molecular flexibility index (Phi) is 14.0. The van der Waals surface area contributed by atoms with Gasteiger partial charge in [0, 0.05) is 49.9 Å². The van der Waals surface area contributed by atoms with Gasteiger partial charge in [-0.3, -0.25) is 4.79 Å². The Morgan fingerprint density at radius 3 is 1.55 bits per heavy atom. The molecule has 0 bridgehead atoms. The summed E-state index contributed by atoms with van der Waals surface area (Å²) in [6, 6.07) is 30.3. The van der Waals surface area contributed by atoms with E-state index in [2.05, 4.69) is 34.2 Å². The zero-order valence-corrected chi connectivity index (χ0v) is 34.9. The molecule has 1 N–H and O–H groups in total. The smallest absolute Gasteiger partial charge is 0.162 e. The van der Waals surface area contributed by atoms with Crippen LogP contribution in [-0.4, -0.2) is 20.9 Å². The first-order valence-corrected chi connectivity index (χ1v) is 18.3. The third-order valence-electron chi connectivity index (χ3n) is 9.73. The van der Waals surface area contributed by atoms with Crippen LogP contribution in [0.5, 0.6) is 0 Å². The van der Waals surface area contributed by atoms with E-state index < -0.39 is 0 Å². The van der Waals surface area contributed by atoms with Crippen LogP contribution in [0.3, 0.4) is 0 Å². The number of pyridine rings is 2. The van der Waals surface area contributed by atoms with Crippen molar-refractivity contribution in [1.82, 2.24) is 9.97 Å². The summed E-state index contributed by atoms with van der Waals surface area (Å²) in [4.78, 5) is 20.5. The summed E-state index contributed by atoms with van der Waals surface area (Å²) in [5.74, 6) is 0.366. The van der Waals surface area contributed by atoms with E-state index in [1.165, 1.54) is 6.08 Å². The average Bonchev–Trinajstić information content (AvgIpc) is 3.17. The summed E-state index contributed by atoms with van der Waals surface area (Å²) in [6.07, 6.45) is 4.84. The molecule has 0 aliphatic rings. The normalized spacial score (nSPS) is 12.4. The van der Waals surface area contributed by atoms with Gasteiger partial charge in [-0.15, -0.1) is 69.8 Å². The van der Waals surface area contributed by atoms with Gasteiger partial charge in [-0.05, 0) is 70.7 Å². The van der Waals surface area contributed by atoms with Crippen LogP contribution >= 0.6 is 0 Å². The van der Waals surface area contributed by atoms with Crippen molar-refractivity contribution in [2.45, 2.75) is 88.0 Å². The number of aliphatic hydroxyl groups is 1. The molecule has 0 atom stereocenters. The van der Waals surface area contributed by atoms with Crippen LogP contribution in [0, 0.1) is 51.2 Å². The number of allylic oxidation sites excluding steroid dienone is 2. The van der Waals surface area contributed by atoms with Crippen LogP contribution in [0.1, 0.15) is 88.0 Å². The standard InChI is InChI=1S/2C17H14N.C14H26O2.Ir/c2*1-12-9-13(2)11-15(10-12)17-16-6-4-3-5-14(16)7-8-18-17;1-6-11(7-2)12(15)10-13(16)14(5,8-3)9-4;/h2*3-10H,1-2H3;10-11,16H,6-9H2,1-5H3;/q2*-1;;/b;;13-10-;/i2*7D,8D;;. The maximum Gasteiger partial charge on any atom is 0.162 e. The predicted octanol–water partition coefficient (Wildman–Crippen LogP) is 12.9. The van der Waals surface area contributed by atoms with E-state index in [0.717, 1.165) is 92.0 Å². The minimum atomic E-state index is -0.248. The number of rotatable bonds is 9. The van der Waals surface area contributed by atoms with Gasteiger partial charge in [-0.1, -0.05) is 111 Å². The van der Waals surface area contributed by atoms with E-state index >= 15 is 0 Å². The molecule has 0 aliphatic heterocycles. The first-order chi connectivity index (χ1) is 26.6. The summed E-state index contributed by atoms with van der Waals surface area (Å²) in [5.41, 5.74) is 7.36. The minimum Gasteiger partial charge on any atom is -0.512 e. The Morgan fingerprint density at radius 1 is 0.755 bits per heavy atom. The molecule has 2 aromatic heterocycles. The molecule has 0 unspecified atom stereocenters. The van der Waals surface area contributed by atoms with Crippen molar-refractivity contribution in [1.29, 1.82) is 0 Å². The van der Waals surface area contributed by atoms with Crippen LogP contribution in [0.25, 0.3) is 44.1 Å². The number of benzene rings is 4. The first kappa shape index (κ1) is 36.9. The molecule has 0 fully saturated rings. The molecule has 5 heteroatoms. The Balaban J connectivity index is 0.000000229. The van der Waals surface area contributed by atoms with Gasteiger partial charge >= 0.3 is 0 Å². The molecule has 6 rings (SSSR count). The zero-order valence-electron chi connectivity index (χ0n) is 36.5. The SMILES string of the molecule is CCC(CC)C(=O)/C=C(\O)C(C)(CC)CC.[2H]c1nc(-c2[c-]c(C)cc(C)c2)c2ccccc2c1[2H].[2H]c1nc(-c2[c-]c(C)cc(C)c2)c2ccccc2c1[2H].[Ir]. The predicted molar refractivity (Wildman–Crippen MR) is 219 cm³/mol. The number of nitrogens with zero attached hydrogens (tertiary/aromatic N) is 2. The Hall–Kier alpha value is -4.44. The molecule has 279 valence electrons. The van der Waals surface area contributed by atoms with E-state index in [-0.39, 0.29) is 67.4 Å². The van der Waals surface area contributed by atoms with Crippen molar-refractivity contribution in [3.63, 3.8) is 0 Å². The molecular formula is C48H54IrN2O2-2. The van der Waals surface area contributed by atoms with Crippen LogP contribution in [0.15, 0.2) is 109 Å². The summed E-state index contributed by atoms with van der Waals surface area (Å²) >= 11 is 0. The molecule has 6 aromatic rings. The van der Waals surface area contributed by atoms with Crippen LogP contribution < -0.4 is 0 Å². The number of fused-ring (bicyclic) bond motifs is 2. The molecule has 2 heterocycles. The molecule has 1 radical (unpaired) electrons. The third kappa shape index (κ3) is 11.3. The van der Waals surface area contributed by atoms with E-state index in [4.69, 9.17) is 5.48 Å². The molecule has 53 heavy (non-hydrogen) atoms. The fourth-order valence-corrected chi connectivity index (χ4v) is 6.19. The average molecular weight is 887 g/mol. The largest absolute Gasteiger partial charge is 0.512 e. The number of hydrogen-bond acceptors (Lipinski definition) is 4. The van der Waals surface area contributed by atoms with Crippen LogP contribution in [0.4, 0.5) is 0 Å². The van der Waals surface area contributed by atoms with Crippen molar-refractivity contribution < 1.29 is 35.5 Å². The topological polar surface area (TPSA) is 63.1 Å². The van der Waals surface area contributed by atoms with Gasteiger partial charge in [0.15, 0.2) is 5.78 Å². The number of aliphatic hydroxyl groups excluding tert-OH is 1. The maximum absolute atomic E-state index is 11.9. The van der Waals surface area contributed by atoms with Gasteiger partial charge in [-0.25, -0.2) is 0 Å². The second-order valence-corrected chi connectivity index (χ2v) is 13.7. The fraction of sp³-hybridized carbons (Fsp3) is 0.312. The first-order valence-electron chi connectivity index (χ1n) is 20.3. The zero-order chi connectivity index (χ0) is 41.3. The summed E-state index contributed by atoms with van der Waals surface area (Å²) in [5, 5.41) is 13.3. The van der Waals surface area contributed by atoms with Crippen molar-refractivity contribution in [3.8, 4) is 22.5 Å². The van der Waals surface area contributed by atoms with Gasteiger partial charge in [0.05, 0.1) is 5.48 Å². The Bertz CT molecular complexity index is 2190. The monoisotopic (exact) mass is 887 g/mol. The molecule has 4 aromatic carbocycles. The number of aryl methyl sites for hydroxylation is 4. The van der Waals surface area contributed by atoms with E-state index in [1.807, 2.05) is 123 Å². The van der Waals surface area contributed by atoms with Gasteiger partial charge in [-0.2, -0.15) is 0 Å². The van der Waals surface area contributed by atoms with E-state index in [9.17, 15) is 9.90 Å². The Morgan fingerprint density at radius 2 is 1.17 bits per heavy atom. The molecule has 0 saturated heterocycles. The molecule has 0 saturated carbocycles. The molecular weight excluding hydrogens is 829 g/mol. The van der Waals surface area contributed by atoms with Crippen LogP contribution in [0.2, 0.25) is 0 Å². The van der Waals surface area contributed by atoms with Gasteiger partial charge in [0.1, 0.15) is 5.76 Å². The molecule has 0 aliphatic carbocycles. The number of carbonyl (C=O) groups excluding carboxylic acids is 1. The van der Waals surface area contributed by atoms with E-state index in [0.29, 0.717) is 0 Å². The molecule has 0 spiro atoms. The second kappa shape index (κ2) is 20.1. The second-order valence-electron chi connectivity index (χ2n) is 13.7. The Labute approximate surface area is 336 Å². The maximum atomic E-state index is 11.9. The molecule has 4 nitrogen and oxygen atoms in total. The number of carbonyl (C=O) groups is 1. The molecule has 0 amide bonds. The summed E-state index contributed by atoms with van der Waals surface area (Å²) in [7, 11) is 0. The van der Waals surface area contributed by atoms with Gasteiger partial charge in [0.2, 0.25) is 0 Å². The number of ketones is 1. The van der Waals surface area contributed by atoms with E-state index in [1.54, 1.807) is 0 Å². The quantitative estimate of drug-likeness (QED) is 0.0892.